The normalized spacial score (nSPS) is 11.4. The largest absolute Gasteiger partial charge is 0.496 e. The highest BCUT2D eigenvalue weighted by molar-refractivity contribution is 5.99. The van der Waals surface area contributed by atoms with Crippen LogP contribution in [0.25, 0.3) is 0 Å². The van der Waals surface area contributed by atoms with Crippen LogP contribution in [0, 0.1) is 13.8 Å². The molecule has 0 aliphatic rings. The molecule has 0 saturated heterocycles. The summed E-state index contributed by atoms with van der Waals surface area (Å²) in [5.41, 5.74) is 1.92. The standard InChI is InChI=1S/C13H15F3O2/c1-8-4-5-10(12(18-3)9(8)2)11(17)6-7-13(14,15)16/h4-5H,6-7H2,1-3H3. The molecule has 0 radical (unpaired) electrons. The highest BCUT2D eigenvalue weighted by Gasteiger charge is 2.29. The van der Waals surface area contributed by atoms with Gasteiger partial charge in [0.05, 0.1) is 19.1 Å². The first kappa shape index (κ1) is 14.5. The molecule has 0 unspecified atom stereocenters. The van der Waals surface area contributed by atoms with Crippen molar-refractivity contribution in [2.24, 2.45) is 0 Å². The quantitative estimate of drug-likeness (QED) is 0.769. The molecule has 5 heteroatoms. The predicted molar refractivity (Wildman–Crippen MR) is 62.1 cm³/mol. The van der Waals surface area contributed by atoms with Gasteiger partial charge in [0.15, 0.2) is 5.78 Å². The zero-order valence-electron chi connectivity index (χ0n) is 10.5. The van der Waals surface area contributed by atoms with Crippen molar-refractivity contribution in [1.29, 1.82) is 0 Å². The molecular formula is C13H15F3O2. The molecule has 0 fully saturated rings. The summed E-state index contributed by atoms with van der Waals surface area (Å²) >= 11 is 0. The molecule has 1 aromatic carbocycles. The fourth-order valence-electron chi connectivity index (χ4n) is 1.66. The number of hydrogen-bond donors (Lipinski definition) is 0. The first-order valence-corrected chi connectivity index (χ1v) is 5.50. The van der Waals surface area contributed by atoms with Crippen molar-refractivity contribution in [1.82, 2.24) is 0 Å². The van der Waals surface area contributed by atoms with Gasteiger partial charge in [-0.2, -0.15) is 13.2 Å². The molecule has 100 valence electrons. The number of methoxy groups -OCH3 is 1. The summed E-state index contributed by atoms with van der Waals surface area (Å²) in [6, 6.07) is 3.22. The second-order valence-electron chi connectivity index (χ2n) is 4.13. The number of halogens is 3. The Kier molecular flexibility index (Phi) is 4.38. The smallest absolute Gasteiger partial charge is 0.389 e. The molecule has 0 amide bonds. The van der Waals surface area contributed by atoms with E-state index in [0.29, 0.717) is 5.75 Å². The summed E-state index contributed by atoms with van der Waals surface area (Å²) < 4.78 is 41.3. The molecule has 1 rings (SSSR count). The molecule has 18 heavy (non-hydrogen) atoms. The van der Waals surface area contributed by atoms with Crippen molar-refractivity contribution in [3.63, 3.8) is 0 Å². The van der Waals surface area contributed by atoms with E-state index in [4.69, 9.17) is 4.74 Å². The van der Waals surface area contributed by atoms with E-state index < -0.39 is 24.8 Å². The Labute approximate surface area is 104 Å². The van der Waals surface area contributed by atoms with Crippen molar-refractivity contribution < 1.29 is 22.7 Å². The Morgan fingerprint density at radius 3 is 2.39 bits per heavy atom. The summed E-state index contributed by atoms with van der Waals surface area (Å²) in [4.78, 5) is 11.8. The van der Waals surface area contributed by atoms with Gasteiger partial charge in [0, 0.05) is 6.42 Å². The van der Waals surface area contributed by atoms with Gasteiger partial charge in [0.1, 0.15) is 5.75 Å². The number of Topliss-reactive ketones (excluding diaryl/α,β-unsaturated/α-hetero) is 1. The Hall–Kier alpha value is -1.52. The van der Waals surface area contributed by atoms with Gasteiger partial charge >= 0.3 is 6.18 Å². The highest BCUT2D eigenvalue weighted by atomic mass is 19.4. The van der Waals surface area contributed by atoms with Crippen molar-refractivity contribution >= 4 is 5.78 Å². The van der Waals surface area contributed by atoms with Gasteiger partial charge in [-0.15, -0.1) is 0 Å². The number of hydrogen-bond acceptors (Lipinski definition) is 2. The predicted octanol–water partition coefficient (Wildman–Crippen LogP) is 3.84. The second-order valence-corrected chi connectivity index (χ2v) is 4.13. The first-order chi connectivity index (χ1) is 8.26. The number of rotatable bonds is 4. The SMILES string of the molecule is COc1c(C(=O)CCC(F)(F)F)ccc(C)c1C. The van der Waals surface area contributed by atoms with Gasteiger partial charge in [-0.3, -0.25) is 4.79 Å². The number of carbonyl (C=O) groups is 1. The van der Waals surface area contributed by atoms with Crippen molar-refractivity contribution in [2.75, 3.05) is 7.11 Å². The third-order valence-corrected chi connectivity index (χ3v) is 2.82. The molecule has 1 aromatic rings. The molecule has 0 aliphatic carbocycles. The fraction of sp³-hybridized carbons (Fsp3) is 0.462. The molecule has 2 nitrogen and oxygen atoms in total. The van der Waals surface area contributed by atoms with Gasteiger partial charge in [0.2, 0.25) is 0 Å². The minimum Gasteiger partial charge on any atom is -0.496 e. The number of aryl methyl sites for hydroxylation is 1. The maximum atomic E-state index is 12.1. The van der Waals surface area contributed by atoms with Crippen molar-refractivity contribution in [3.05, 3.63) is 28.8 Å². The molecule has 0 spiro atoms. The first-order valence-electron chi connectivity index (χ1n) is 5.50. The summed E-state index contributed by atoms with van der Waals surface area (Å²) in [6.45, 7) is 3.62. The van der Waals surface area contributed by atoms with Crippen LogP contribution in [0.2, 0.25) is 0 Å². The van der Waals surface area contributed by atoms with E-state index >= 15 is 0 Å². The third-order valence-electron chi connectivity index (χ3n) is 2.82. The van der Waals surface area contributed by atoms with Crippen LogP contribution in [0.4, 0.5) is 13.2 Å². The van der Waals surface area contributed by atoms with Crippen LogP contribution in [-0.4, -0.2) is 19.1 Å². The topological polar surface area (TPSA) is 26.3 Å². The Balaban J connectivity index is 2.96. The van der Waals surface area contributed by atoms with E-state index in [1.54, 1.807) is 13.0 Å². The molecule has 0 heterocycles. The minimum atomic E-state index is -4.32. The highest BCUT2D eigenvalue weighted by Crippen LogP contribution is 2.29. The molecule has 0 aliphatic heterocycles. The van der Waals surface area contributed by atoms with E-state index in [-0.39, 0.29) is 5.56 Å². The average Bonchev–Trinajstić information content (AvgIpc) is 2.28. The van der Waals surface area contributed by atoms with Gasteiger partial charge in [-0.05, 0) is 31.0 Å². The maximum Gasteiger partial charge on any atom is 0.389 e. The van der Waals surface area contributed by atoms with E-state index in [1.165, 1.54) is 13.2 Å². The van der Waals surface area contributed by atoms with Gasteiger partial charge in [-0.1, -0.05) is 6.07 Å². The Bertz CT molecular complexity index is 450. The van der Waals surface area contributed by atoms with Crippen LogP contribution in [0.1, 0.15) is 34.3 Å². The van der Waals surface area contributed by atoms with E-state index in [9.17, 15) is 18.0 Å². The molecule has 0 N–H and O–H groups in total. The average molecular weight is 260 g/mol. The molecule has 0 aromatic heterocycles. The molecule has 0 bridgehead atoms. The Morgan fingerprint density at radius 1 is 1.28 bits per heavy atom. The monoisotopic (exact) mass is 260 g/mol. The lowest BCUT2D eigenvalue weighted by Crippen LogP contribution is -2.12. The maximum absolute atomic E-state index is 12.1. The van der Waals surface area contributed by atoms with Gasteiger partial charge in [0.25, 0.3) is 0 Å². The lowest BCUT2D eigenvalue weighted by molar-refractivity contribution is -0.133. The van der Waals surface area contributed by atoms with E-state index in [0.717, 1.165) is 11.1 Å². The summed E-state index contributed by atoms with van der Waals surface area (Å²) in [5.74, 6) is -0.186. The number of ether oxygens (including phenoxy) is 1. The summed E-state index contributed by atoms with van der Waals surface area (Å²) in [6.07, 6.45) is -5.98. The number of carbonyl (C=O) groups excluding carboxylic acids is 1. The zero-order chi connectivity index (χ0) is 13.9. The minimum absolute atomic E-state index is 0.213. The lowest BCUT2D eigenvalue weighted by atomic mass is 9.99. The summed E-state index contributed by atoms with van der Waals surface area (Å²) in [7, 11) is 1.41. The van der Waals surface area contributed by atoms with Crippen LogP contribution in [0.15, 0.2) is 12.1 Å². The third kappa shape index (κ3) is 3.48. The van der Waals surface area contributed by atoms with Crippen LogP contribution in [0.5, 0.6) is 5.75 Å². The van der Waals surface area contributed by atoms with Gasteiger partial charge < -0.3 is 4.74 Å². The Morgan fingerprint density at radius 2 is 1.89 bits per heavy atom. The van der Waals surface area contributed by atoms with Crippen molar-refractivity contribution in [2.45, 2.75) is 32.9 Å². The summed E-state index contributed by atoms with van der Waals surface area (Å²) in [5, 5.41) is 0. The van der Waals surface area contributed by atoms with Crippen LogP contribution >= 0.6 is 0 Å². The number of benzene rings is 1. The molecular weight excluding hydrogens is 245 g/mol. The fourth-order valence-corrected chi connectivity index (χ4v) is 1.66. The number of ketones is 1. The molecule has 0 atom stereocenters. The molecule has 0 saturated carbocycles. The zero-order valence-corrected chi connectivity index (χ0v) is 10.5. The lowest BCUT2D eigenvalue weighted by Gasteiger charge is -2.13. The van der Waals surface area contributed by atoms with E-state index in [1.807, 2.05) is 6.92 Å². The van der Waals surface area contributed by atoms with E-state index in [2.05, 4.69) is 0 Å². The van der Waals surface area contributed by atoms with Crippen molar-refractivity contribution in [3.8, 4) is 5.75 Å². The number of alkyl halides is 3. The second kappa shape index (κ2) is 5.42. The van der Waals surface area contributed by atoms with Crippen LogP contribution in [0.3, 0.4) is 0 Å². The van der Waals surface area contributed by atoms with Crippen LogP contribution in [-0.2, 0) is 0 Å². The van der Waals surface area contributed by atoms with Crippen LogP contribution < -0.4 is 4.74 Å². The van der Waals surface area contributed by atoms with Gasteiger partial charge in [-0.25, -0.2) is 0 Å².